The lowest BCUT2D eigenvalue weighted by Crippen LogP contribution is -2.30. The van der Waals surface area contributed by atoms with Crippen molar-refractivity contribution in [2.75, 3.05) is 13.3 Å². The summed E-state index contributed by atoms with van der Waals surface area (Å²) in [5, 5.41) is 3.60. The molecular weight excluding hydrogens is 238 g/mol. The number of benzene rings is 1. The summed E-state index contributed by atoms with van der Waals surface area (Å²) in [4.78, 5) is 0. The zero-order valence-corrected chi connectivity index (χ0v) is 12.2. The van der Waals surface area contributed by atoms with Gasteiger partial charge in [0.05, 0.1) is 0 Å². The summed E-state index contributed by atoms with van der Waals surface area (Å²) in [6, 6.07) is 6.80. The van der Waals surface area contributed by atoms with Crippen molar-refractivity contribution in [3.05, 3.63) is 23.8 Å². The Morgan fingerprint density at radius 2 is 2.00 bits per heavy atom. The minimum atomic E-state index is 0.353. The van der Waals surface area contributed by atoms with Crippen molar-refractivity contribution in [1.82, 2.24) is 5.32 Å². The van der Waals surface area contributed by atoms with Crippen molar-refractivity contribution in [2.24, 2.45) is 5.92 Å². The molecule has 1 heterocycles. The van der Waals surface area contributed by atoms with Gasteiger partial charge in [-0.1, -0.05) is 26.3 Å². The zero-order valence-electron chi connectivity index (χ0n) is 12.2. The normalized spacial score (nSPS) is 16.4. The van der Waals surface area contributed by atoms with Crippen molar-refractivity contribution in [3.8, 4) is 11.5 Å². The number of fused-ring (bicyclic) bond motifs is 1. The Labute approximate surface area is 116 Å². The second-order valence-corrected chi connectivity index (χ2v) is 5.55. The van der Waals surface area contributed by atoms with E-state index in [1.165, 1.54) is 12.0 Å². The fourth-order valence-electron chi connectivity index (χ4n) is 2.13. The molecule has 2 unspecified atom stereocenters. The van der Waals surface area contributed by atoms with Crippen LogP contribution in [0.3, 0.4) is 0 Å². The molecule has 2 atom stereocenters. The minimum Gasteiger partial charge on any atom is -0.454 e. The van der Waals surface area contributed by atoms with Gasteiger partial charge in [0, 0.05) is 6.04 Å². The third-order valence-corrected chi connectivity index (χ3v) is 3.81. The van der Waals surface area contributed by atoms with E-state index in [-0.39, 0.29) is 0 Å². The van der Waals surface area contributed by atoms with E-state index in [2.05, 4.69) is 38.2 Å². The van der Waals surface area contributed by atoms with E-state index in [1.54, 1.807) is 0 Å². The molecule has 0 saturated carbocycles. The first-order chi connectivity index (χ1) is 9.19. The molecule has 0 fully saturated rings. The Kier molecular flexibility index (Phi) is 5.08. The van der Waals surface area contributed by atoms with Crippen LogP contribution < -0.4 is 14.8 Å². The average molecular weight is 263 g/mol. The number of rotatable bonds is 7. The Morgan fingerprint density at radius 3 is 2.79 bits per heavy atom. The topological polar surface area (TPSA) is 30.5 Å². The fourth-order valence-corrected chi connectivity index (χ4v) is 2.13. The highest BCUT2D eigenvalue weighted by molar-refractivity contribution is 5.44. The quantitative estimate of drug-likeness (QED) is 0.818. The van der Waals surface area contributed by atoms with Crippen LogP contribution in [0.25, 0.3) is 0 Å². The molecule has 1 N–H and O–H groups in total. The first-order valence-electron chi connectivity index (χ1n) is 7.31. The molecule has 2 rings (SSSR count). The van der Waals surface area contributed by atoms with Crippen molar-refractivity contribution in [3.63, 3.8) is 0 Å². The lowest BCUT2D eigenvalue weighted by Gasteiger charge is -2.16. The first-order valence-corrected chi connectivity index (χ1v) is 7.31. The van der Waals surface area contributed by atoms with E-state index in [4.69, 9.17) is 9.47 Å². The van der Waals surface area contributed by atoms with Crippen molar-refractivity contribution in [1.29, 1.82) is 0 Å². The van der Waals surface area contributed by atoms with Gasteiger partial charge in [0.25, 0.3) is 0 Å². The Bertz CT molecular complexity index is 406. The first kappa shape index (κ1) is 14.2. The van der Waals surface area contributed by atoms with Crippen molar-refractivity contribution >= 4 is 0 Å². The lowest BCUT2D eigenvalue weighted by molar-refractivity contribution is 0.174. The molecule has 0 radical (unpaired) electrons. The summed E-state index contributed by atoms with van der Waals surface area (Å²) in [6.07, 6.45) is 3.46. The van der Waals surface area contributed by atoms with E-state index in [0.29, 0.717) is 12.8 Å². The lowest BCUT2D eigenvalue weighted by atomic mass is 10.0. The highest BCUT2D eigenvalue weighted by Gasteiger charge is 2.13. The van der Waals surface area contributed by atoms with E-state index < -0.39 is 0 Å². The van der Waals surface area contributed by atoms with Crippen LogP contribution in [0.1, 0.15) is 39.2 Å². The fraction of sp³-hybridized carbons (Fsp3) is 0.625. The van der Waals surface area contributed by atoms with Crippen LogP contribution in [0.4, 0.5) is 0 Å². The molecule has 19 heavy (non-hydrogen) atoms. The monoisotopic (exact) mass is 263 g/mol. The van der Waals surface area contributed by atoms with Gasteiger partial charge in [-0.25, -0.2) is 0 Å². The van der Waals surface area contributed by atoms with Gasteiger partial charge < -0.3 is 14.8 Å². The molecule has 106 valence electrons. The number of nitrogens with one attached hydrogen (secondary N) is 1. The predicted octanol–water partition coefficient (Wildman–Crippen LogP) is 3.37. The third kappa shape index (κ3) is 4.13. The van der Waals surface area contributed by atoms with E-state index in [0.717, 1.165) is 36.8 Å². The second kappa shape index (κ2) is 6.80. The molecule has 3 heteroatoms. The van der Waals surface area contributed by atoms with Crippen LogP contribution >= 0.6 is 0 Å². The standard InChI is InChI=1S/C16H25NO2/c1-4-12(2)10-17-13(3)5-6-14-7-8-15-16(9-14)19-11-18-15/h7-9,12-13,17H,4-6,10-11H2,1-3H3. The zero-order chi connectivity index (χ0) is 13.7. The molecule has 1 aliphatic rings. The number of ether oxygens (including phenoxy) is 2. The number of hydrogen-bond acceptors (Lipinski definition) is 3. The number of aryl methyl sites for hydroxylation is 1. The van der Waals surface area contributed by atoms with E-state index in [1.807, 2.05) is 6.07 Å². The molecule has 1 aliphatic heterocycles. The van der Waals surface area contributed by atoms with Gasteiger partial charge in [-0.3, -0.25) is 0 Å². The highest BCUT2D eigenvalue weighted by Crippen LogP contribution is 2.32. The van der Waals surface area contributed by atoms with Gasteiger partial charge >= 0.3 is 0 Å². The van der Waals surface area contributed by atoms with Crippen LogP contribution in [0, 0.1) is 5.92 Å². The van der Waals surface area contributed by atoms with Gasteiger partial charge in [0.15, 0.2) is 11.5 Å². The Balaban J connectivity index is 1.75. The highest BCUT2D eigenvalue weighted by atomic mass is 16.7. The second-order valence-electron chi connectivity index (χ2n) is 5.55. The maximum Gasteiger partial charge on any atom is 0.231 e. The molecule has 0 aliphatic carbocycles. The maximum absolute atomic E-state index is 5.40. The van der Waals surface area contributed by atoms with Gasteiger partial charge in [-0.2, -0.15) is 0 Å². The molecule has 1 aromatic carbocycles. The Morgan fingerprint density at radius 1 is 1.21 bits per heavy atom. The molecule has 0 spiro atoms. The molecule has 0 aromatic heterocycles. The average Bonchev–Trinajstić information content (AvgIpc) is 2.89. The molecule has 3 nitrogen and oxygen atoms in total. The van der Waals surface area contributed by atoms with Crippen LogP contribution in [-0.2, 0) is 6.42 Å². The van der Waals surface area contributed by atoms with Crippen molar-refractivity contribution < 1.29 is 9.47 Å². The summed E-state index contributed by atoms with van der Waals surface area (Å²) in [5.41, 5.74) is 1.32. The minimum absolute atomic E-state index is 0.353. The summed E-state index contributed by atoms with van der Waals surface area (Å²) < 4.78 is 10.7. The van der Waals surface area contributed by atoms with Crippen LogP contribution in [0.2, 0.25) is 0 Å². The summed E-state index contributed by atoms with van der Waals surface area (Å²) in [5.74, 6) is 2.51. The van der Waals surface area contributed by atoms with Gasteiger partial charge in [0.1, 0.15) is 0 Å². The van der Waals surface area contributed by atoms with E-state index >= 15 is 0 Å². The van der Waals surface area contributed by atoms with Gasteiger partial charge in [0.2, 0.25) is 6.79 Å². The molecule has 0 amide bonds. The van der Waals surface area contributed by atoms with Gasteiger partial charge in [-0.05, 0) is 49.9 Å². The van der Waals surface area contributed by atoms with Gasteiger partial charge in [-0.15, -0.1) is 0 Å². The summed E-state index contributed by atoms with van der Waals surface area (Å²) in [7, 11) is 0. The SMILES string of the molecule is CCC(C)CNC(C)CCc1ccc2c(c1)OCO2. The summed E-state index contributed by atoms with van der Waals surface area (Å²) >= 11 is 0. The third-order valence-electron chi connectivity index (χ3n) is 3.81. The van der Waals surface area contributed by atoms with Crippen LogP contribution in [-0.4, -0.2) is 19.4 Å². The maximum atomic E-state index is 5.40. The largest absolute Gasteiger partial charge is 0.454 e. The molecular formula is C16H25NO2. The van der Waals surface area contributed by atoms with Crippen LogP contribution in [0.15, 0.2) is 18.2 Å². The molecule has 1 aromatic rings. The Hall–Kier alpha value is -1.22. The number of hydrogen-bond donors (Lipinski definition) is 1. The molecule has 0 saturated heterocycles. The van der Waals surface area contributed by atoms with Crippen molar-refractivity contribution in [2.45, 2.75) is 46.1 Å². The van der Waals surface area contributed by atoms with E-state index in [9.17, 15) is 0 Å². The molecule has 0 bridgehead atoms. The summed E-state index contributed by atoms with van der Waals surface area (Å²) in [6.45, 7) is 8.25. The van der Waals surface area contributed by atoms with Crippen LogP contribution in [0.5, 0.6) is 11.5 Å². The predicted molar refractivity (Wildman–Crippen MR) is 77.8 cm³/mol. The smallest absolute Gasteiger partial charge is 0.231 e.